The van der Waals surface area contributed by atoms with E-state index in [0.717, 1.165) is 16.8 Å². The summed E-state index contributed by atoms with van der Waals surface area (Å²) in [5.41, 5.74) is 0.619. The van der Waals surface area contributed by atoms with Crippen molar-refractivity contribution in [1.29, 1.82) is 0 Å². The van der Waals surface area contributed by atoms with Crippen molar-refractivity contribution in [2.75, 3.05) is 13.1 Å². The molecule has 0 unspecified atom stereocenters. The fourth-order valence-corrected chi connectivity index (χ4v) is 5.29. The van der Waals surface area contributed by atoms with Crippen molar-refractivity contribution in [3.05, 3.63) is 83.6 Å². The summed E-state index contributed by atoms with van der Waals surface area (Å²) >= 11 is 0. The Morgan fingerprint density at radius 1 is 0.781 bits per heavy atom. The van der Waals surface area contributed by atoms with Crippen LogP contribution < -0.4 is 0 Å². The van der Waals surface area contributed by atoms with Gasteiger partial charge in [0.25, 0.3) is 0 Å². The molecule has 2 aromatic carbocycles. The van der Waals surface area contributed by atoms with Gasteiger partial charge in [-0.3, -0.25) is 9.80 Å². The van der Waals surface area contributed by atoms with Crippen molar-refractivity contribution < 1.29 is 19.1 Å². The number of cyclic esters (lactones) is 2. The van der Waals surface area contributed by atoms with Crippen LogP contribution in [0.25, 0.3) is 0 Å². The Balaban J connectivity index is 1.59. The highest BCUT2D eigenvalue weighted by Gasteiger charge is 2.62. The van der Waals surface area contributed by atoms with Gasteiger partial charge in [-0.05, 0) is 38.0 Å². The molecule has 2 fully saturated rings. The molecule has 0 saturated carbocycles. The Morgan fingerprint density at radius 2 is 1.38 bits per heavy atom. The number of nitrogens with zero attached hydrogens (tertiary/aromatic N) is 2. The van der Waals surface area contributed by atoms with E-state index < -0.39 is 16.7 Å². The van der Waals surface area contributed by atoms with Crippen LogP contribution >= 0.6 is 0 Å². The molecule has 2 aromatic rings. The molecule has 6 heteroatoms. The zero-order valence-electron chi connectivity index (χ0n) is 18.7. The number of hydrogen-bond donors (Lipinski definition) is 0. The fraction of sp³-hybridized carbons (Fsp3) is 0.385. The third-order valence-corrected chi connectivity index (χ3v) is 7.26. The van der Waals surface area contributed by atoms with Crippen molar-refractivity contribution >= 4 is 12.2 Å². The Morgan fingerprint density at radius 3 is 2.00 bits per heavy atom. The van der Waals surface area contributed by atoms with Gasteiger partial charge in [-0.25, -0.2) is 9.59 Å². The standard InChI is InChI=1S/C26H28N2O4/c1-24(16-19-10-6-4-7-11-19)21-18-25(2)26(3,17-20-12-8-5-9-13-20)32-23(30)28(25)15-14-27(21)22(29)31-24/h4-13,18H,14-17H2,1-3H3/t24-,25-,26-/m1/s1. The van der Waals surface area contributed by atoms with Gasteiger partial charge < -0.3 is 9.47 Å². The van der Waals surface area contributed by atoms with Crippen LogP contribution in [0.5, 0.6) is 0 Å². The summed E-state index contributed by atoms with van der Waals surface area (Å²) in [6.07, 6.45) is 2.46. The van der Waals surface area contributed by atoms with E-state index in [2.05, 4.69) is 0 Å². The van der Waals surface area contributed by atoms with Gasteiger partial charge in [0.1, 0.15) is 11.1 Å². The summed E-state index contributed by atoms with van der Waals surface area (Å²) in [5.74, 6) is 0. The molecule has 3 aliphatic heterocycles. The van der Waals surface area contributed by atoms with Crippen LogP contribution in [0.2, 0.25) is 0 Å². The lowest BCUT2D eigenvalue weighted by atomic mass is 9.76. The van der Waals surface area contributed by atoms with Gasteiger partial charge in [0, 0.05) is 25.9 Å². The molecule has 0 aromatic heterocycles. The molecule has 3 atom stereocenters. The van der Waals surface area contributed by atoms with E-state index >= 15 is 0 Å². The summed E-state index contributed by atoms with van der Waals surface area (Å²) in [7, 11) is 0. The van der Waals surface area contributed by atoms with E-state index in [0.29, 0.717) is 25.9 Å². The number of rotatable bonds is 4. The number of benzene rings is 2. The van der Waals surface area contributed by atoms with Crippen molar-refractivity contribution in [2.45, 2.75) is 50.4 Å². The molecule has 166 valence electrons. The van der Waals surface area contributed by atoms with E-state index in [9.17, 15) is 9.59 Å². The minimum Gasteiger partial charge on any atom is -0.440 e. The average molecular weight is 433 g/mol. The Labute approximate surface area is 188 Å². The van der Waals surface area contributed by atoms with Crippen molar-refractivity contribution in [3.63, 3.8) is 0 Å². The maximum absolute atomic E-state index is 13.0. The lowest BCUT2D eigenvalue weighted by molar-refractivity contribution is 0.0293. The lowest BCUT2D eigenvalue weighted by Gasteiger charge is -2.40. The van der Waals surface area contributed by atoms with E-state index in [1.54, 1.807) is 9.80 Å². The fourth-order valence-electron chi connectivity index (χ4n) is 5.29. The SMILES string of the molecule is C[C@]1(Cc2ccccc2)OC(=O)N2CCN3C(=O)O[C@](C)(Cc4ccccc4)[C@@]3(C)C=C21. The van der Waals surface area contributed by atoms with Crippen LogP contribution in [0.4, 0.5) is 9.59 Å². The summed E-state index contributed by atoms with van der Waals surface area (Å²) in [4.78, 5) is 29.3. The second-order valence-electron chi connectivity index (χ2n) is 9.50. The quantitative estimate of drug-likeness (QED) is 0.711. The van der Waals surface area contributed by atoms with Gasteiger partial charge in [0.15, 0.2) is 5.60 Å². The van der Waals surface area contributed by atoms with E-state index in [1.165, 1.54) is 0 Å². The number of carbonyl (C=O) groups excluding carboxylic acids is 2. The predicted molar refractivity (Wildman–Crippen MR) is 120 cm³/mol. The maximum Gasteiger partial charge on any atom is 0.415 e. The molecular formula is C26H28N2O4. The molecule has 3 heterocycles. The van der Waals surface area contributed by atoms with Crippen LogP contribution in [-0.2, 0) is 22.3 Å². The molecule has 0 N–H and O–H groups in total. The number of ether oxygens (including phenoxy) is 2. The highest BCUT2D eigenvalue weighted by Crippen LogP contribution is 2.48. The van der Waals surface area contributed by atoms with Crippen LogP contribution in [0.3, 0.4) is 0 Å². The van der Waals surface area contributed by atoms with Crippen LogP contribution in [-0.4, -0.2) is 51.8 Å². The Kier molecular flexibility index (Phi) is 4.59. The van der Waals surface area contributed by atoms with Gasteiger partial charge >= 0.3 is 12.2 Å². The molecule has 3 aliphatic rings. The Hall–Kier alpha value is -3.28. The van der Waals surface area contributed by atoms with Gasteiger partial charge in [0.2, 0.25) is 0 Å². The topological polar surface area (TPSA) is 59.1 Å². The largest absolute Gasteiger partial charge is 0.440 e. The highest BCUT2D eigenvalue weighted by molar-refractivity contribution is 5.78. The van der Waals surface area contributed by atoms with Gasteiger partial charge in [0.05, 0.1) is 5.70 Å². The normalized spacial score (nSPS) is 31.4. The number of fused-ring (bicyclic) bond motifs is 2. The molecule has 0 bridgehead atoms. The first-order valence-corrected chi connectivity index (χ1v) is 11.1. The third-order valence-electron chi connectivity index (χ3n) is 7.26. The monoisotopic (exact) mass is 432 g/mol. The number of amides is 2. The van der Waals surface area contributed by atoms with E-state index in [1.807, 2.05) is 87.5 Å². The number of carbonyl (C=O) groups is 2. The second kappa shape index (κ2) is 7.12. The minimum atomic E-state index is -0.823. The minimum absolute atomic E-state index is 0.345. The van der Waals surface area contributed by atoms with Crippen LogP contribution in [0.1, 0.15) is 31.9 Å². The third kappa shape index (κ3) is 3.08. The van der Waals surface area contributed by atoms with Crippen LogP contribution in [0, 0.1) is 0 Å². The van der Waals surface area contributed by atoms with Crippen molar-refractivity contribution in [2.24, 2.45) is 0 Å². The van der Waals surface area contributed by atoms with Gasteiger partial charge in [-0.2, -0.15) is 0 Å². The van der Waals surface area contributed by atoms with Gasteiger partial charge in [-0.1, -0.05) is 60.7 Å². The second-order valence-corrected chi connectivity index (χ2v) is 9.50. The number of hydrogen-bond acceptors (Lipinski definition) is 4. The summed E-state index contributed by atoms with van der Waals surface area (Å²) < 4.78 is 12.0. The molecule has 32 heavy (non-hydrogen) atoms. The molecule has 5 rings (SSSR count). The lowest BCUT2D eigenvalue weighted by Crippen LogP contribution is -2.55. The van der Waals surface area contributed by atoms with Crippen molar-refractivity contribution in [1.82, 2.24) is 9.80 Å². The summed E-state index contributed by atoms with van der Waals surface area (Å²) in [5, 5.41) is 0. The molecule has 2 amide bonds. The van der Waals surface area contributed by atoms with Crippen LogP contribution in [0.15, 0.2) is 72.4 Å². The first kappa shape index (κ1) is 20.6. The molecule has 0 radical (unpaired) electrons. The first-order valence-electron chi connectivity index (χ1n) is 11.1. The molecule has 6 nitrogen and oxygen atoms in total. The molecule has 2 saturated heterocycles. The highest BCUT2D eigenvalue weighted by atomic mass is 16.6. The predicted octanol–water partition coefficient (Wildman–Crippen LogP) is 4.55. The molecular weight excluding hydrogens is 404 g/mol. The maximum atomic E-state index is 13.0. The zero-order valence-corrected chi connectivity index (χ0v) is 18.7. The van der Waals surface area contributed by atoms with Crippen molar-refractivity contribution in [3.8, 4) is 0 Å². The zero-order chi connectivity index (χ0) is 22.6. The molecule has 0 aliphatic carbocycles. The smallest absolute Gasteiger partial charge is 0.415 e. The average Bonchev–Trinajstić information content (AvgIpc) is 2.99. The first-order chi connectivity index (χ1) is 15.2. The Bertz CT molecular complexity index is 1090. The summed E-state index contributed by atoms with van der Waals surface area (Å²) in [6.45, 7) is 6.73. The van der Waals surface area contributed by atoms with E-state index in [4.69, 9.17) is 9.47 Å². The summed E-state index contributed by atoms with van der Waals surface area (Å²) in [6, 6.07) is 20.1. The van der Waals surface area contributed by atoms with E-state index in [-0.39, 0.29) is 12.2 Å². The molecule has 0 spiro atoms. The van der Waals surface area contributed by atoms with Gasteiger partial charge in [-0.15, -0.1) is 0 Å².